The largest absolute Gasteiger partial charge is 0.369 e. The highest BCUT2D eigenvalue weighted by Gasteiger charge is 2.28. The summed E-state index contributed by atoms with van der Waals surface area (Å²) < 4.78 is 44.7. The van der Waals surface area contributed by atoms with Gasteiger partial charge in [0.2, 0.25) is 10.0 Å². The van der Waals surface area contributed by atoms with Gasteiger partial charge in [-0.1, -0.05) is 18.1 Å². The Morgan fingerprint density at radius 3 is 2.73 bits per heavy atom. The van der Waals surface area contributed by atoms with E-state index in [4.69, 9.17) is 11.2 Å². The molecule has 1 heterocycles. The van der Waals surface area contributed by atoms with E-state index in [1.54, 1.807) is 6.07 Å². The smallest absolute Gasteiger partial charge is 0.218 e. The van der Waals surface area contributed by atoms with Gasteiger partial charge in [-0.3, -0.25) is 0 Å². The first-order valence-electron chi connectivity index (χ1n) is 7.25. The highest BCUT2D eigenvalue weighted by atomic mass is 32.2. The molecule has 0 radical (unpaired) electrons. The Balaban J connectivity index is 1.88. The van der Waals surface area contributed by atoms with Gasteiger partial charge in [0.25, 0.3) is 0 Å². The average molecular weight is 325 g/mol. The van der Waals surface area contributed by atoms with Crippen molar-refractivity contribution in [3.8, 4) is 12.3 Å². The van der Waals surface area contributed by atoms with E-state index in [0.29, 0.717) is 31.2 Å². The highest BCUT2D eigenvalue weighted by Crippen LogP contribution is 2.22. The predicted octanol–water partition coefficient (Wildman–Crippen LogP) is 2.02. The second-order valence-corrected chi connectivity index (χ2v) is 7.42. The summed E-state index contributed by atoms with van der Waals surface area (Å²) in [6.07, 6.45) is 6.63. The minimum Gasteiger partial charge on any atom is -0.369 e. The van der Waals surface area contributed by atoms with Crippen LogP contribution in [0.3, 0.4) is 0 Å². The maximum absolute atomic E-state index is 13.1. The average Bonchev–Trinajstić information content (AvgIpc) is 2.47. The molecule has 2 rings (SSSR count). The Bertz CT molecular complexity index is 631. The van der Waals surface area contributed by atoms with Gasteiger partial charge in [0.1, 0.15) is 12.4 Å². The fourth-order valence-electron chi connectivity index (χ4n) is 2.57. The summed E-state index contributed by atoms with van der Waals surface area (Å²) in [5, 5.41) is 0. The fourth-order valence-corrected chi connectivity index (χ4v) is 4.12. The molecule has 22 heavy (non-hydrogen) atoms. The molecule has 1 aromatic carbocycles. The molecule has 1 fully saturated rings. The maximum Gasteiger partial charge on any atom is 0.218 e. The van der Waals surface area contributed by atoms with Gasteiger partial charge in [-0.05, 0) is 36.5 Å². The van der Waals surface area contributed by atoms with Crippen LogP contribution in [0.1, 0.15) is 18.4 Å². The zero-order valence-electron chi connectivity index (χ0n) is 12.4. The van der Waals surface area contributed by atoms with Crippen LogP contribution >= 0.6 is 0 Å². The number of hydrogen-bond acceptors (Lipinski definition) is 3. The zero-order chi connectivity index (χ0) is 16.0. The van der Waals surface area contributed by atoms with Crippen molar-refractivity contribution in [1.82, 2.24) is 4.31 Å². The van der Waals surface area contributed by atoms with E-state index in [2.05, 4.69) is 5.92 Å². The number of nitrogens with zero attached hydrogens (tertiary/aromatic N) is 1. The minimum atomic E-state index is -3.41. The third-order valence-electron chi connectivity index (χ3n) is 3.74. The number of halogens is 1. The topological polar surface area (TPSA) is 46.6 Å². The number of sulfonamides is 1. The molecule has 4 nitrogen and oxygen atoms in total. The van der Waals surface area contributed by atoms with Crippen molar-refractivity contribution in [2.24, 2.45) is 5.92 Å². The van der Waals surface area contributed by atoms with Crippen molar-refractivity contribution in [1.29, 1.82) is 0 Å². The Labute approximate surface area is 131 Å². The maximum atomic E-state index is 13.1. The van der Waals surface area contributed by atoms with Crippen LogP contribution in [0.5, 0.6) is 0 Å². The minimum absolute atomic E-state index is 0.164. The van der Waals surface area contributed by atoms with E-state index in [0.717, 1.165) is 12.8 Å². The first-order chi connectivity index (χ1) is 10.5. The third-order valence-corrected chi connectivity index (χ3v) is 5.59. The van der Waals surface area contributed by atoms with Crippen molar-refractivity contribution in [3.63, 3.8) is 0 Å². The van der Waals surface area contributed by atoms with Crippen LogP contribution in [0.4, 0.5) is 4.39 Å². The van der Waals surface area contributed by atoms with Crippen LogP contribution in [-0.4, -0.2) is 39.0 Å². The fraction of sp³-hybridized carbons (Fsp3) is 0.500. The van der Waals surface area contributed by atoms with E-state index in [9.17, 15) is 12.8 Å². The number of piperidine rings is 1. The molecule has 0 spiro atoms. The van der Waals surface area contributed by atoms with E-state index in [1.165, 1.54) is 22.5 Å². The highest BCUT2D eigenvalue weighted by molar-refractivity contribution is 7.88. The Hall–Kier alpha value is -1.42. The van der Waals surface area contributed by atoms with E-state index >= 15 is 0 Å². The molecule has 6 heteroatoms. The second-order valence-electron chi connectivity index (χ2n) is 5.45. The van der Waals surface area contributed by atoms with E-state index in [1.807, 2.05) is 0 Å². The molecule has 0 saturated carbocycles. The van der Waals surface area contributed by atoms with Gasteiger partial charge in [0.15, 0.2) is 0 Å². The summed E-state index contributed by atoms with van der Waals surface area (Å²) in [5.74, 6) is 2.17. The van der Waals surface area contributed by atoms with E-state index < -0.39 is 15.8 Å². The molecular weight excluding hydrogens is 305 g/mol. The molecule has 0 aliphatic carbocycles. The number of rotatable bonds is 6. The van der Waals surface area contributed by atoms with Crippen LogP contribution in [0, 0.1) is 24.1 Å². The van der Waals surface area contributed by atoms with Gasteiger partial charge in [-0.2, -0.15) is 0 Å². The first-order valence-corrected chi connectivity index (χ1v) is 8.85. The standard InChI is InChI=1S/C16H20FNO3S/c1-2-10-21-12-14-6-8-18(9-7-14)22(19,20)13-15-4-3-5-16(17)11-15/h1,3-5,11,14H,6-10,12-13H2. The molecule has 1 aromatic rings. The summed E-state index contributed by atoms with van der Waals surface area (Å²) in [4.78, 5) is 0. The lowest BCUT2D eigenvalue weighted by atomic mass is 9.99. The van der Waals surface area contributed by atoms with Crippen molar-refractivity contribution >= 4 is 10.0 Å². The van der Waals surface area contributed by atoms with Gasteiger partial charge in [-0.15, -0.1) is 6.42 Å². The summed E-state index contributed by atoms with van der Waals surface area (Å²) in [6.45, 7) is 1.81. The molecule has 120 valence electrons. The Morgan fingerprint density at radius 1 is 1.36 bits per heavy atom. The predicted molar refractivity (Wildman–Crippen MR) is 83.0 cm³/mol. The number of terminal acetylenes is 1. The molecule has 1 aliphatic rings. The molecule has 1 saturated heterocycles. The van der Waals surface area contributed by atoms with Crippen LogP contribution < -0.4 is 0 Å². The van der Waals surface area contributed by atoms with Gasteiger partial charge in [-0.25, -0.2) is 17.1 Å². The van der Waals surface area contributed by atoms with E-state index in [-0.39, 0.29) is 12.4 Å². The van der Waals surface area contributed by atoms with Crippen LogP contribution in [0.25, 0.3) is 0 Å². The first kappa shape index (κ1) is 16.9. The summed E-state index contributed by atoms with van der Waals surface area (Å²) in [7, 11) is -3.41. The second kappa shape index (κ2) is 7.73. The number of ether oxygens (including phenoxy) is 1. The SMILES string of the molecule is C#CCOCC1CCN(S(=O)(=O)Cc2cccc(F)c2)CC1. The molecule has 0 amide bonds. The van der Waals surface area contributed by atoms with Crippen molar-refractivity contribution in [3.05, 3.63) is 35.6 Å². The lowest BCUT2D eigenvalue weighted by molar-refractivity contribution is 0.101. The molecule has 1 aliphatic heterocycles. The van der Waals surface area contributed by atoms with Gasteiger partial charge < -0.3 is 4.74 Å². The van der Waals surface area contributed by atoms with Crippen LogP contribution in [0.15, 0.2) is 24.3 Å². The van der Waals surface area contributed by atoms with Gasteiger partial charge >= 0.3 is 0 Å². The van der Waals surface area contributed by atoms with Crippen molar-refractivity contribution in [2.45, 2.75) is 18.6 Å². The summed E-state index contributed by atoms with van der Waals surface area (Å²) in [5.41, 5.74) is 0.472. The van der Waals surface area contributed by atoms with Gasteiger partial charge in [0.05, 0.1) is 12.4 Å². The molecular formula is C16H20FNO3S. The third kappa shape index (κ3) is 4.80. The zero-order valence-corrected chi connectivity index (χ0v) is 13.2. The Morgan fingerprint density at radius 2 is 2.09 bits per heavy atom. The molecule has 0 atom stereocenters. The lowest BCUT2D eigenvalue weighted by Gasteiger charge is -2.31. The molecule has 0 aromatic heterocycles. The quantitative estimate of drug-likeness (QED) is 0.594. The molecule has 0 unspecified atom stereocenters. The number of benzene rings is 1. The summed E-state index contributed by atoms with van der Waals surface area (Å²) >= 11 is 0. The normalized spacial score (nSPS) is 17.3. The lowest BCUT2D eigenvalue weighted by Crippen LogP contribution is -2.40. The van der Waals surface area contributed by atoms with Gasteiger partial charge in [0, 0.05) is 13.1 Å². The molecule has 0 bridgehead atoms. The van der Waals surface area contributed by atoms with Crippen LogP contribution in [-0.2, 0) is 20.5 Å². The number of hydrogen-bond donors (Lipinski definition) is 0. The van der Waals surface area contributed by atoms with Crippen LogP contribution in [0.2, 0.25) is 0 Å². The Kier molecular flexibility index (Phi) is 5.95. The van der Waals surface area contributed by atoms with Crippen molar-refractivity contribution in [2.75, 3.05) is 26.3 Å². The molecule has 0 N–H and O–H groups in total. The monoisotopic (exact) mass is 325 g/mol. The van der Waals surface area contributed by atoms with Crippen molar-refractivity contribution < 1.29 is 17.5 Å². The summed E-state index contributed by atoms with van der Waals surface area (Å²) in [6, 6.07) is 5.71.